The third-order valence-corrected chi connectivity index (χ3v) is 4.45. The highest BCUT2D eigenvalue weighted by molar-refractivity contribution is 6.43. The van der Waals surface area contributed by atoms with Crippen molar-refractivity contribution in [1.82, 2.24) is 0 Å². The van der Waals surface area contributed by atoms with E-state index in [4.69, 9.17) is 4.74 Å². The van der Waals surface area contributed by atoms with Crippen LogP contribution in [0.15, 0.2) is 42.5 Å². The van der Waals surface area contributed by atoms with E-state index in [-0.39, 0.29) is 11.8 Å². The molecule has 0 saturated carbocycles. The minimum absolute atomic E-state index is 0.0198. The Balaban J connectivity index is 1.70. The Kier molecular flexibility index (Phi) is 6.31. The first-order chi connectivity index (χ1) is 14.4. The summed E-state index contributed by atoms with van der Waals surface area (Å²) in [7, 11) is 1.50. The molecule has 0 aromatic heterocycles. The number of amides is 4. The average Bonchev–Trinajstić information content (AvgIpc) is 3.13. The second-order valence-electron chi connectivity index (χ2n) is 6.71. The van der Waals surface area contributed by atoms with E-state index >= 15 is 0 Å². The van der Waals surface area contributed by atoms with Gasteiger partial charge in [0.25, 0.3) is 0 Å². The molecule has 1 saturated heterocycles. The third kappa shape index (κ3) is 4.93. The van der Waals surface area contributed by atoms with Gasteiger partial charge < -0.3 is 25.6 Å². The van der Waals surface area contributed by atoms with Crippen molar-refractivity contribution < 1.29 is 23.9 Å². The predicted octanol–water partition coefficient (Wildman–Crippen LogP) is 2.36. The molecule has 1 aliphatic rings. The van der Waals surface area contributed by atoms with Crippen LogP contribution in [-0.2, 0) is 19.2 Å². The van der Waals surface area contributed by atoms with Crippen LogP contribution in [0.5, 0.6) is 5.75 Å². The number of hydrogen-bond donors (Lipinski definition) is 3. The van der Waals surface area contributed by atoms with Gasteiger partial charge in [-0.15, -0.1) is 0 Å². The normalized spacial score (nSPS) is 13.0. The topological polar surface area (TPSA) is 117 Å². The van der Waals surface area contributed by atoms with Crippen molar-refractivity contribution in [3.63, 3.8) is 0 Å². The minimum atomic E-state index is -0.871. The van der Waals surface area contributed by atoms with E-state index in [1.54, 1.807) is 41.3 Å². The molecule has 0 radical (unpaired) electrons. The molecule has 1 fully saturated rings. The summed E-state index contributed by atoms with van der Waals surface area (Å²) >= 11 is 0. The lowest BCUT2D eigenvalue weighted by Gasteiger charge is -2.20. The largest absolute Gasteiger partial charge is 0.495 e. The Morgan fingerprint density at radius 1 is 0.933 bits per heavy atom. The number of nitrogens with one attached hydrogen (secondary N) is 3. The average molecular weight is 410 g/mol. The summed E-state index contributed by atoms with van der Waals surface area (Å²) in [6, 6.07) is 11.3. The van der Waals surface area contributed by atoms with Crippen molar-refractivity contribution in [3.8, 4) is 5.75 Å². The maximum Gasteiger partial charge on any atom is 0.314 e. The molecule has 0 atom stereocenters. The zero-order chi connectivity index (χ0) is 21.7. The summed E-state index contributed by atoms with van der Waals surface area (Å²) in [5.41, 5.74) is 1.76. The first-order valence-corrected chi connectivity index (χ1v) is 9.36. The van der Waals surface area contributed by atoms with Gasteiger partial charge in [-0.05, 0) is 42.8 Å². The lowest BCUT2D eigenvalue weighted by molar-refractivity contribution is -0.132. The Morgan fingerprint density at radius 2 is 1.57 bits per heavy atom. The minimum Gasteiger partial charge on any atom is -0.495 e. The molecule has 1 heterocycles. The molecule has 0 aliphatic carbocycles. The summed E-state index contributed by atoms with van der Waals surface area (Å²) in [4.78, 5) is 49.4. The number of carbonyl (C=O) groups excluding carboxylic acids is 4. The number of carbonyl (C=O) groups is 4. The van der Waals surface area contributed by atoms with E-state index < -0.39 is 11.8 Å². The van der Waals surface area contributed by atoms with Gasteiger partial charge in [0.2, 0.25) is 11.8 Å². The monoisotopic (exact) mass is 410 g/mol. The van der Waals surface area contributed by atoms with Gasteiger partial charge in [-0.1, -0.05) is 6.07 Å². The number of hydrogen-bond acceptors (Lipinski definition) is 5. The maximum absolute atomic E-state index is 12.3. The maximum atomic E-state index is 12.3. The molecule has 30 heavy (non-hydrogen) atoms. The van der Waals surface area contributed by atoms with Crippen LogP contribution in [-0.4, -0.2) is 37.3 Å². The molecule has 9 heteroatoms. The SMILES string of the molecule is COc1ccc(NC(=O)C(=O)Nc2cccc(NC(C)=O)c2)cc1N1CCCC1=O. The summed E-state index contributed by atoms with van der Waals surface area (Å²) in [5.74, 6) is -1.51. The highest BCUT2D eigenvalue weighted by atomic mass is 16.5. The van der Waals surface area contributed by atoms with E-state index in [1.165, 1.54) is 20.1 Å². The Labute approximate surface area is 173 Å². The van der Waals surface area contributed by atoms with Crippen molar-refractivity contribution in [3.05, 3.63) is 42.5 Å². The van der Waals surface area contributed by atoms with Crippen molar-refractivity contribution in [1.29, 1.82) is 0 Å². The summed E-state index contributed by atoms with van der Waals surface area (Å²) in [6.45, 7) is 1.94. The molecule has 0 spiro atoms. The number of methoxy groups -OCH3 is 1. The zero-order valence-corrected chi connectivity index (χ0v) is 16.7. The van der Waals surface area contributed by atoms with Crippen LogP contribution in [0.25, 0.3) is 0 Å². The zero-order valence-electron chi connectivity index (χ0n) is 16.7. The molecular formula is C21H22N4O5. The van der Waals surface area contributed by atoms with Crippen LogP contribution in [0.1, 0.15) is 19.8 Å². The first-order valence-electron chi connectivity index (χ1n) is 9.36. The number of benzene rings is 2. The van der Waals surface area contributed by atoms with Gasteiger partial charge in [-0.25, -0.2) is 0 Å². The predicted molar refractivity (Wildman–Crippen MR) is 113 cm³/mol. The second-order valence-corrected chi connectivity index (χ2v) is 6.71. The van der Waals surface area contributed by atoms with Crippen molar-refractivity contribution >= 4 is 46.4 Å². The van der Waals surface area contributed by atoms with Crippen molar-refractivity contribution in [2.45, 2.75) is 19.8 Å². The number of anilines is 4. The van der Waals surface area contributed by atoms with Crippen LogP contribution in [0.2, 0.25) is 0 Å². The fourth-order valence-electron chi connectivity index (χ4n) is 3.14. The molecule has 1 aliphatic heterocycles. The third-order valence-electron chi connectivity index (χ3n) is 4.45. The van der Waals surface area contributed by atoms with E-state index in [1.807, 2.05) is 0 Å². The second kappa shape index (κ2) is 9.08. The van der Waals surface area contributed by atoms with E-state index in [2.05, 4.69) is 16.0 Å². The summed E-state index contributed by atoms with van der Waals surface area (Å²) in [6.07, 6.45) is 1.21. The standard InChI is InChI=1S/C21H22N4O5/c1-13(26)22-14-5-3-6-15(11-14)23-20(28)21(29)24-16-8-9-18(30-2)17(12-16)25-10-4-7-19(25)27/h3,5-6,8-9,11-12H,4,7,10H2,1-2H3,(H,22,26)(H,23,28)(H,24,29). The lowest BCUT2D eigenvalue weighted by atomic mass is 10.2. The molecule has 0 unspecified atom stereocenters. The van der Waals surface area contributed by atoms with E-state index in [0.29, 0.717) is 41.5 Å². The van der Waals surface area contributed by atoms with Gasteiger partial charge >= 0.3 is 11.8 Å². The van der Waals surface area contributed by atoms with Gasteiger partial charge in [0.1, 0.15) is 5.75 Å². The van der Waals surface area contributed by atoms with Gasteiger partial charge in [0.05, 0.1) is 12.8 Å². The van der Waals surface area contributed by atoms with Crippen molar-refractivity contribution in [2.24, 2.45) is 0 Å². The van der Waals surface area contributed by atoms with Gasteiger partial charge in [0, 0.05) is 37.0 Å². The molecule has 156 valence electrons. The first kappa shape index (κ1) is 20.8. The molecular weight excluding hydrogens is 388 g/mol. The number of nitrogens with zero attached hydrogens (tertiary/aromatic N) is 1. The van der Waals surface area contributed by atoms with Crippen LogP contribution in [0.3, 0.4) is 0 Å². The van der Waals surface area contributed by atoms with Gasteiger partial charge in [-0.3, -0.25) is 19.2 Å². The van der Waals surface area contributed by atoms with Gasteiger partial charge in [0.15, 0.2) is 0 Å². The van der Waals surface area contributed by atoms with Crippen LogP contribution < -0.4 is 25.6 Å². The lowest BCUT2D eigenvalue weighted by Crippen LogP contribution is -2.29. The quantitative estimate of drug-likeness (QED) is 0.654. The fraction of sp³-hybridized carbons (Fsp3) is 0.238. The Hall–Kier alpha value is -3.88. The molecule has 2 aromatic carbocycles. The number of rotatable bonds is 5. The fourth-order valence-corrected chi connectivity index (χ4v) is 3.14. The Morgan fingerprint density at radius 3 is 2.13 bits per heavy atom. The number of ether oxygens (including phenoxy) is 1. The van der Waals surface area contributed by atoms with E-state index in [0.717, 1.165) is 6.42 Å². The summed E-state index contributed by atoms with van der Waals surface area (Å²) in [5, 5.41) is 7.61. The van der Waals surface area contributed by atoms with Crippen LogP contribution in [0.4, 0.5) is 22.7 Å². The molecule has 2 aromatic rings. The highest BCUT2D eigenvalue weighted by Crippen LogP contribution is 2.34. The highest BCUT2D eigenvalue weighted by Gasteiger charge is 2.25. The van der Waals surface area contributed by atoms with Crippen molar-refractivity contribution in [2.75, 3.05) is 34.5 Å². The molecule has 0 bridgehead atoms. The van der Waals surface area contributed by atoms with Crippen LogP contribution >= 0.6 is 0 Å². The molecule has 3 rings (SSSR count). The Bertz CT molecular complexity index is 1000. The molecule has 3 N–H and O–H groups in total. The molecule has 4 amide bonds. The molecule has 9 nitrogen and oxygen atoms in total. The smallest absolute Gasteiger partial charge is 0.314 e. The van der Waals surface area contributed by atoms with Gasteiger partial charge in [-0.2, -0.15) is 0 Å². The summed E-state index contributed by atoms with van der Waals surface area (Å²) < 4.78 is 5.32. The van der Waals surface area contributed by atoms with Crippen LogP contribution in [0, 0.1) is 0 Å². The van der Waals surface area contributed by atoms with E-state index in [9.17, 15) is 19.2 Å².